The highest BCUT2D eigenvalue weighted by Crippen LogP contribution is 2.32. The van der Waals surface area contributed by atoms with Gasteiger partial charge in [0.05, 0.1) is 11.7 Å². The third kappa shape index (κ3) is 3.30. The fourth-order valence-electron chi connectivity index (χ4n) is 2.75. The Morgan fingerprint density at radius 2 is 2.33 bits per heavy atom. The van der Waals surface area contributed by atoms with Crippen molar-refractivity contribution in [2.45, 2.75) is 57.2 Å². The molecule has 18 heavy (non-hydrogen) atoms. The lowest BCUT2D eigenvalue weighted by atomic mass is 9.80. The first kappa shape index (κ1) is 13.5. The molecule has 1 aliphatic carbocycles. The predicted molar refractivity (Wildman–Crippen MR) is 71.5 cm³/mol. The Morgan fingerprint density at radius 1 is 1.50 bits per heavy atom. The van der Waals surface area contributed by atoms with Crippen molar-refractivity contribution in [2.24, 2.45) is 0 Å². The van der Waals surface area contributed by atoms with Crippen LogP contribution >= 0.6 is 0 Å². The van der Waals surface area contributed by atoms with Gasteiger partial charge in [0, 0.05) is 31.8 Å². The van der Waals surface area contributed by atoms with E-state index in [1.54, 1.807) is 7.11 Å². The molecular weight excluding hydrogens is 226 g/mol. The van der Waals surface area contributed by atoms with Gasteiger partial charge in [-0.2, -0.15) is 0 Å². The number of aromatic nitrogens is 1. The van der Waals surface area contributed by atoms with Gasteiger partial charge in [-0.05, 0) is 37.3 Å². The largest absolute Gasteiger partial charge is 0.389 e. The Hall–Kier alpha value is -0.930. The number of rotatable bonds is 4. The van der Waals surface area contributed by atoms with Gasteiger partial charge in [0.1, 0.15) is 0 Å². The summed E-state index contributed by atoms with van der Waals surface area (Å²) >= 11 is 0. The first-order chi connectivity index (χ1) is 8.65. The Balaban J connectivity index is 2.02. The maximum atomic E-state index is 10.6. The fraction of sp³-hybridized carbons (Fsp3) is 0.667. The zero-order chi connectivity index (χ0) is 13.0. The monoisotopic (exact) mass is 249 g/mol. The molecule has 1 N–H and O–H groups in total. The lowest BCUT2D eigenvalue weighted by Gasteiger charge is -2.36. The Morgan fingerprint density at radius 3 is 2.94 bits per heavy atom. The van der Waals surface area contributed by atoms with Crippen molar-refractivity contribution < 1.29 is 9.84 Å². The normalized spacial score (nSPS) is 28.3. The number of hydrogen-bond acceptors (Lipinski definition) is 3. The highest BCUT2D eigenvalue weighted by Gasteiger charge is 2.34. The van der Waals surface area contributed by atoms with Crippen molar-refractivity contribution in [2.75, 3.05) is 7.11 Å². The van der Waals surface area contributed by atoms with Crippen LogP contribution in [-0.2, 0) is 17.6 Å². The zero-order valence-electron chi connectivity index (χ0n) is 11.4. The smallest absolute Gasteiger partial charge is 0.0727 e. The Bertz CT molecular complexity index is 377. The average molecular weight is 249 g/mol. The fourth-order valence-corrected chi connectivity index (χ4v) is 2.75. The maximum Gasteiger partial charge on any atom is 0.0727 e. The molecule has 1 heterocycles. The van der Waals surface area contributed by atoms with Crippen molar-refractivity contribution in [3.8, 4) is 0 Å². The second-order valence-electron chi connectivity index (χ2n) is 5.37. The number of ether oxygens (including phenoxy) is 1. The summed E-state index contributed by atoms with van der Waals surface area (Å²) in [4.78, 5) is 4.44. The van der Waals surface area contributed by atoms with Crippen LogP contribution in [0, 0.1) is 0 Å². The van der Waals surface area contributed by atoms with Gasteiger partial charge in [-0.1, -0.05) is 13.0 Å². The zero-order valence-corrected chi connectivity index (χ0v) is 11.4. The van der Waals surface area contributed by atoms with Crippen LogP contribution in [0.4, 0.5) is 0 Å². The maximum absolute atomic E-state index is 10.6. The second kappa shape index (κ2) is 5.81. The van der Waals surface area contributed by atoms with Crippen molar-refractivity contribution >= 4 is 0 Å². The molecule has 0 radical (unpaired) electrons. The van der Waals surface area contributed by atoms with E-state index in [0.717, 1.165) is 37.8 Å². The van der Waals surface area contributed by atoms with Gasteiger partial charge < -0.3 is 9.84 Å². The van der Waals surface area contributed by atoms with E-state index in [2.05, 4.69) is 18.0 Å². The van der Waals surface area contributed by atoms with Crippen molar-refractivity contribution in [1.82, 2.24) is 4.98 Å². The molecule has 1 aliphatic rings. The number of methoxy groups -OCH3 is 1. The molecule has 100 valence electrons. The summed E-state index contributed by atoms with van der Waals surface area (Å²) in [6, 6.07) is 4.13. The van der Waals surface area contributed by atoms with Crippen LogP contribution in [0.3, 0.4) is 0 Å². The van der Waals surface area contributed by atoms with Crippen LogP contribution in [0.15, 0.2) is 18.3 Å². The topological polar surface area (TPSA) is 42.4 Å². The molecule has 1 saturated carbocycles. The molecule has 2 unspecified atom stereocenters. The van der Waals surface area contributed by atoms with Crippen molar-refractivity contribution in [3.63, 3.8) is 0 Å². The van der Waals surface area contributed by atoms with Crippen LogP contribution < -0.4 is 0 Å². The van der Waals surface area contributed by atoms with Crippen LogP contribution in [0.25, 0.3) is 0 Å². The second-order valence-corrected chi connectivity index (χ2v) is 5.37. The molecule has 2 atom stereocenters. The first-order valence-electron chi connectivity index (χ1n) is 6.84. The molecule has 1 aromatic rings. The summed E-state index contributed by atoms with van der Waals surface area (Å²) in [7, 11) is 1.73. The molecule has 0 aromatic carbocycles. The van der Waals surface area contributed by atoms with Crippen LogP contribution in [0.2, 0.25) is 0 Å². The summed E-state index contributed by atoms with van der Waals surface area (Å²) in [5, 5.41) is 10.6. The molecular formula is C15H23NO2. The SMILES string of the molecule is CCc1ccc(CC2(O)CCCC(OC)C2)nc1. The number of pyridine rings is 1. The predicted octanol–water partition coefficient (Wildman–Crippen LogP) is 2.51. The molecule has 3 nitrogen and oxygen atoms in total. The van der Waals surface area contributed by atoms with Crippen molar-refractivity contribution in [3.05, 3.63) is 29.6 Å². The van der Waals surface area contributed by atoms with Crippen LogP contribution in [0.5, 0.6) is 0 Å². The molecule has 0 aliphatic heterocycles. The highest BCUT2D eigenvalue weighted by atomic mass is 16.5. The van der Waals surface area contributed by atoms with Crippen molar-refractivity contribution in [1.29, 1.82) is 0 Å². The third-order valence-corrected chi connectivity index (χ3v) is 3.91. The van der Waals surface area contributed by atoms with Gasteiger partial charge >= 0.3 is 0 Å². The lowest BCUT2D eigenvalue weighted by Crippen LogP contribution is -2.40. The van der Waals surface area contributed by atoms with Gasteiger partial charge in [-0.15, -0.1) is 0 Å². The van der Waals surface area contributed by atoms with E-state index in [9.17, 15) is 5.11 Å². The minimum atomic E-state index is -0.639. The molecule has 3 heteroatoms. The quantitative estimate of drug-likeness (QED) is 0.891. The summed E-state index contributed by atoms with van der Waals surface area (Å²) in [5.74, 6) is 0. The van der Waals surface area contributed by atoms with E-state index in [0.29, 0.717) is 6.42 Å². The molecule has 2 rings (SSSR count). The van der Waals surface area contributed by atoms with Gasteiger partial charge in [0.2, 0.25) is 0 Å². The minimum absolute atomic E-state index is 0.193. The van der Waals surface area contributed by atoms with Crippen LogP contribution in [0.1, 0.15) is 43.9 Å². The molecule has 0 saturated heterocycles. The molecule has 1 fully saturated rings. The Kier molecular flexibility index (Phi) is 4.36. The summed E-state index contributed by atoms with van der Waals surface area (Å²) in [5.41, 5.74) is 1.58. The third-order valence-electron chi connectivity index (χ3n) is 3.91. The summed E-state index contributed by atoms with van der Waals surface area (Å²) in [6.07, 6.45) is 7.40. The Labute approximate surface area is 109 Å². The summed E-state index contributed by atoms with van der Waals surface area (Å²) in [6.45, 7) is 2.12. The van der Waals surface area contributed by atoms with E-state index in [4.69, 9.17) is 4.74 Å². The molecule has 0 bridgehead atoms. The number of aryl methyl sites for hydroxylation is 1. The van der Waals surface area contributed by atoms with Gasteiger partial charge in [-0.25, -0.2) is 0 Å². The first-order valence-corrected chi connectivity index (χ1v) is 6.84. The van der Waals surface area contributed by atoms with E-state index in [1.807, 2.05) is 12.3 Å². The molecule has 0 spiro atoms. The molecule has 1 aromatic heterocycles. The standard InChI is InChI=1S/C15H23NO2/c1-3-12-6-7-13(16-11-12)9-15(17)8-4-5-14(10-15)18-2/h6-7,11,14,17H,3-5,8-10H2,1-2H3. The summed E-state index contributed by atoms with van der Waals surface area (Å²) < 4.78 is 5.38. The lowest BCUT2D eigenvalue weighted by molar-refractivity contribution is -0.0586. The minimum Gasteiger partial charge on any atom is -0.389 e. The van der Waals surface area contributed by atoms with Crippen LogP contribution in [-0.4, -0.2) is 28.9 Å². The van der Waals surface area contributed by atoms with E-state index < -0.39 is 5.60 Å². The number of hydrogen-bond donors (Lipinski definition) is 1. The highest BCUT2D eigenvalue weighted by molar-refractivity contribution is 5.15. The average Bonchev–Trinajstić information content (AvgIpc) is 2.39. The van der Waals surface area contributed by atoms with E-state index >= 15 is 0 Å². The van der Waals surface area contributed by atoms with Gasteiger partial charge in [0.25, 0.3) is 0 Å². The van der Waals surface area contributed by atoms with Gasteiger partial charge in [-0.3, -0.25) is 4.98 Å². The van der Waals surface area contributed by atoms with E-state index in [-0.39, 0.29) is 6.10 Å². The number of aliphatic hydroxyl groups is 1. The van der Waals surface area contributed by atoms with E-state index in [1.165, 1.54) is 5.56 Å². The number of nitrogens with zero attached hydrogens (tertiary/aromatic N) is 1. The molecule has 0 amide bonds. The van der Waals surface area contributed by atoms with Gasteiger partial charge in [0.15, 0.2) is 0 Å².